The fraction of sp³-hybridized carbons (Fsp3) is 0.348. The lowest BCUT2D eigenvalue weighted by molar-refractivity contribution is -0.193. The summed E-state index contributed by atoms with van der Waals surface area (Å²) in [6, 6.07) is 6.05. The van der Waals surface area contributed by atoms with Crippen LogP contribution in [0, 0.1) is 0 Å². The second-order valence-corrected chi connectivity index (χ2v) is 9.58. The normalized spacial score (nSPS) is 12.5. The van der Waals surface area contributed by atoms with Crippen LogP contribution in [0.25, 0.3) is 10.4 Å². The van der Waals surface area contributed by atoms with E-state index in [1.54, 1.807) is 0 Å². The molecule has 4 rings (SSSR count). The first-order valence-electron chi connectivity index (χ1n) is 11.7. The first-order chi connectivity index (χ1) is 19.9. The highest BCUT2D eigenvalue weighted by molar-refractivity contribution is 7.15. The number of nitrogens with one attached hydrogen (secondary N) is 2. The summed E-state index contributed by atoms with van der Waals surface area (Å²) in [5, 5.41) is 23.8. The number of rotatable bonds is 6. The molecule has 0 spiro atoms. The zero-order chi connectivity index (χ0) is 32.5. The Morgan fingerprint density at radius 3 is 2.21 bits per heavy atom. The number of nitrogens with zero attached hydrogens (tertiary/aromatic N) is 3. The monoisotopic (exact) mass is 646 g/mol. The molecule has 0 saturated heterocycles. The number of aliphatic carboxylic acids is 2. The maximum Gasteiger partial charge on any atom is 0.490 e. The van der Waals surface area contributed by atoms with Gasteiger partial charge in [-0.3, -0.25) is 4.57 Å². The van der Waals surface area contributed by atoms with Crippen molar-refractivity contribution in [2.75, 3.05) is 18.4 Å². The van der Waals surface area contributed by atoms with E-state index in [2.05, 4.69) is 26.6 Å². The summed E-state index contributed by atoms with van der Waals surface area (Å²) in [5.74, 6) is -4.34. The maximum absolute atomic E-state index is 12.9. The van der Waals surface area contributed by atoms with E-state index in [1.807, 2.05) is 18.3 Å². The molecule has 0 fully saturated rings. The molecule has 3 aromatic heterocycles. The van der Waals surface area contributed by atoms with Gasteiger partial charge in [-0.15, -0.1) is 11.3 Å². The molecule has 0 aromatic carbocycles. The van der Waals surface area contributed by atoms with Crippen molar-refractivity contribution in [2.45, 2.75) is 38.2 Å². The number of H-pyrrole nitrogens is 1. The van der Waals surface area contributed by atoms with Crippen molar-refractivity contribution in [1.82, 2.24) is 19.7 Å². The molecular formula is C23H22F8N6O5S. The summed E-state index contributed by atoms with van der Waals surface area (Å²) in [6.45, 7) is 0.908. The second kappa shape index (κ2) is 14.7. The Labute approximate surface area is 239 Å². The number of anilines is 1. The molecule has 0 atom stereocenters. The number of thiophene rings is 1. The molecule has 20 heteroatoms. The summed E-state index contributed by atoms with van der Waals surface area (Å²) in [4.78, 5) is 36.4. The van der Waals surface area contributed by atoms with Crippen LogP contribution >= 0.6 is 11.3 Å². The molecular weight excluding hydrogens is 624 g/mol. The quantitative estimate of drug-likeness (QED) is 0.248. The average molecular weight is 647 g/mol. The third-order valence-corrected chi connectivity index (χ3v) is 6.47. The van der Waals surface area contributed by atoms with E-state index in [1.165, 1.54) is 21.5 Å². The van der Waals surface area contributed by atoms with Gasteiger partial charge in [0.1, 0.15) is 11.6 Å². The topological polar surface area (TPSA) is 176 Å². The number of hydrogen-bond donors (Lipinski definition) is 5. The van der Waals surface area contributed by atoms with Crippen LogP contribution in [0.1, 0.15) is 22.7 Å². The lowest BCUT2D eigenvalue weighted by Crippen LogP contribution is -2.21. The third kappa shape index (κ3) is 10.5. The van der Waals surface area contributed by atoms with E-state index in [0.29, 0.717) is 0 Å². The molecule has 1 aliphatic heterocycles. The minimum atomic E-state index is -5.08. The van der Waals surface area contributed by atoms with E-state index in [9.17, 15) is 39.9 Å². The molecule has 0 aliphatic carbocycles. The largest absolute Gasteiger partial charge is 0.490 e. The van der Waals surface area contributed by atoms with Gasteiger partial charge in [-0.05, 0) is 36.6 Å². The molecule has 0 unspecified atom stereocenters. The lowest BCUT2D eigenvalue weighted by atomic mass is 10.0. The highest BCUT2D eigenvalue weighted by atomic mass is 32.1. The van der Waals surface area contributed by atoms with Crippen LogP contribution in [0.4, 0.5) is 40.9 Å². The Hall–Kier alpha value is -4.33. The van der Waals surface area contributed by atoms with E-state index in [-0.39, 0.29) is 30.9 Å². The number of nitrogens with two attached hydrogens (primary N) is 1. The molecule has 1 aliphatic rings. The van der Waals surface area contributed by atoms with Crippen molar-refractivity contribution in [3.8, 4) is 10.4 Å². The SMILES string of the molecule is NCC(Cc1n[nH]c(=O)n1Cc1ccc(-c2cnc3c(c2)CCCN3)s1)=C(F)F.O=C(O)C(F)(F)F.O=C(O)C(F)(F)F. The van der Waals surface area contributed by atoms with Crippen molar-refractivity contribution < 1.29 is 54.9 Å². The number of hydrogen-bond acceptors (Lipinski definition) is 8. The number of carboxylic acids is 2. The lowest BCUT2D eigenvalue weighted by Gasteiger charge is -2.17. The van der Waals surface area contributed by atoms with Crippen LogP contribution in [0.5, 0.6) is 0 Å². The molecule has 43 heavy (non-hydrogen) atoms. The number of pyridine rings is 1. The number of fused-ring (bicyclic) bond motifs is 1. The second-order valence-electron chi connectivity index (χ2n) is 8.41. The molecule has 3 aromatic rings. The number of alkyl halides is 6. The number of aryl methyl sites for hydroxylation is 1. The Balaban J connectivity index is 0.000000384. The van der Waals surface area contributed by atoms with Crippen LogP contribution in [0.3, 0.4) is 0 Å². The molecule has 6 N–H and O–H groups in total. The molecule has 236 valence electrons. The van der Waals surface area contributed by atoms with Crippen molar-refractivity contribution in [3.05, 3.63) is 62.8 Å². The van der Waals surface area contributed by atoms with E-state index >= 15 is 0 Å². The zero-order valence-corrected chi connectivity index (χ0v) is 22.3. The Kier molecular flexibility index (Phi) is 11.9. The van der Waals surface area contributed by atoms with E-state index < -0.39 is 36.1 Å². The fourth-order valence-corrected chi connectivity index (χ4v) is 4.29. The van der Waals surface area contributed by atoms with Gasteiger partial charge in [0.05, 0.1) is 6.54 Å². The van der Waals surface area contributed by atoms with E-state index in [4.69, 9.17) is 25.5 Å². The van der Waals surface area contributed by atoms with Gasteiger partial charge in [-0.1, -0.05) is 0 Å². The first kappa shape index (κ1) is 34.9. The van der Waals surface area contributed by atoms with Gasteiger partial charge in [0.2, 0.25) is 0 Å². The smallest absolute Gasteiger partial charge is 0.475 e. The number of aromatic amines is 1. The predicted octanol–water partition coefficient (Wildman–Crippen LogP) is 4.02. The first-order valence-corrected chi connectivity index (χ1v) is 12.5. The number of aromatic nitrogens is 4. The van der Waals surface area contributed by atoms with E-state index in [0.717, 1.165) is 40.5 Å². The Morgan fingerprint density at radius 2 is 1.67 bits per heavy atom. The van der Waals surface area contributed by atoms with Crippen LogP contribution in [0.2, 0.25) is 0 Å². The standard InChI is InChI=1S/C19H20F2N6OS.2C2HF3O2/c20-17(21)12(8-22)7-16-25-26-19(28)27(16)10-14-3-4-15(29-14)13-6-11-2-1-5-23-18(11)24-9-13;2*3-2(4,5)1(6)7/h3-4,6,9H,1-2,5,7-8,10,22H2,(H,23,24)(H,26,28);2*(H,6,7). The van der Waals surface area contributed by atoms with Crippen LogP contribution in [-0.4, -0.2) is 67.3 Å². The fourth-order valence-electron chi connectivity index (χ4n) is 3.31. The van der Waals surface area contributed by atoms with Gasteiger partial charge in [0, 0.05) is 46.6 Å². The van der Waals surface area contributed by atoms with Gasteiger partial charge < -0.3 is 21.3 Å². The van der Waals surface area contributed by atoms with Crippen molar-refractivity contribution in [1.29, 1.82) is 0 Å². The van der Waals surface area contributed by atoms with Crippen LogP contribution in [-0.2, 0) is 29.0 Å². The molecule has 0 amide bonds. The summed E-state index contributed by atoms with van der Waals surface area (Å²) in [6.07, 6.45) is -8.25. The van der Waals surface area contributed by atoms with Gasteiger partial charge >= 0.3 is 30.0 Å². The molecule has 0 radical (unpaired) electrons. The summed E-state index contributed by atoms with van der Waals surface area (Å²) in [5.41, 5.74) is 6.93. The van der Waals surface area contributed by atoms with Crippen LogP contribution in [0.15, 0.2) is 40.8 Å². The van der Waals surface area contributed by atoms with Crippen LogP contribution < -0.4 is 16.7 Å². The molecule has 4 heterocycles. The minimum absolute atomic E-state index is 0.169. The predicted molar refractivity (Wildman–Crippen MR) is 136 cm³/mol. The number of carboxylic acid groups (broad SMARTS) is 2. The van der Waals surface area contributed by atoms with Gasteiger partial charge in [0.15, 0.2) is 0 Å². The summed E-state index contributed by atoms with van der Waals surface area (Å²) >= 11 is 1.54. The Morgan fingerprint density at radius 1 is 1.07 bits per heavy atom. The van der Waals surface area contributed by atoms with Gasteiger partial charge in [-0.25, -0.2) is 24.5 Å². The van der Waals surface area contributed by atoms with Gasteiger partial charge in [-0.2, -0.15) is 40.2 Å². The highest BCUT2D eigenvalue weighted by Crippen LogP contribution is 2.31. The maximum atomic E-state index is 12.9. The zero-order valence-electron chi connectivity index (χ0n) is 21.5. The minimum Gasteiger partial charge on any atom is -0.475 e. The molecule has 0 bridgehead atoms. The molecule has 11 nitrogen and oxygen atoms in total. The Bertz CT molecular complexity index is 1480. The summed E-state index contributed by atoms with van der Waals surface area (Å²) < 4.78 is 90.7. The highest BCUT2D eigenvalue weighted by Gasteiger charge is 2.38. The molecule has 0 saturated carbocycles. The number of carbonyl (C=O) groups is 2. The van der Waals surface area contributed by atoms with Crippen molar-refractivity contribution in [2.24, 2.45) is 5.73 Å². The third-order valence-electron chi connectivity index (χ3n) is 5.35. The number of halogens is 8. The van der Waals surface area contributed by atoms with Crippen molar-refractivity contribution >= 4 is 29.1 Å². The summed E-state index contributed by atoms with van der Waals surface area (Å²) in [7, 11) is 0. The average Bonchev–Trinajstić information content (AvgIpc) is 3.53. The van der Waals surface area contributed by atoms with Gasteiger partial charge in [0.25, 0.3) is 6.08 Å². The van der Waals surface area contributed by atoms with Crippen molar-refractivity contribution in [3.63, 3.8) is 0 Å².